The summed E-state index contributed by atoms with van der Waals surface area (Å²) in [7, 11) is 0. The van der Waals surface area contributed by atoms with Crippen molar-refractivity contribution in [1.82, 2.24) is 5.32 Å². The third-order valence-electron chi connectivity index (χ3n) is 3.52. The summed E-state index contributed by atoms with van der Waals surface area (Å²) < 4.78 is 5.41. The second-order valence-electron chi connectivity index (χ2n) is 5.21. The molecule has 3 heteroatoms. The van der Waals surface area contributed by atoms with E-state index in [4.69, 9.17) is 4.74 Å². The average Bonchev–Trinajstić information content (AvgIpc) is 2.48. The monoisotopic (exact) mass is 285 g/mol. The van der Waals surface area contributed by atoms with Crippen LogP contribution < -0.4 is 10.1 Å². The molecule has 2 N–H and O–H groups in total. The highest BCUT2D eigenvalue weighted by molar-refractivity contribution is 5.45. The van der Waals surface area contributed by atoms with Gasteiger partial charge < -0.3 is 15.2 Å². The van der Waals surface area contributed by atoms with E-state index in [-0.39, 0.29) is 11.8 Å². The van der Waals surface area contributed by atoms with Crippen LogP contribution in [0.15, 0.2) is 42.5 Å². The zero-order valence-electron chi connectivity index (χ0n) is 12.9. The third-order valence-corrected chi connectivity index (χ3v) is 3.52. The standard InChI is InChI=1S/C18H23NO2/c1-4-21-17-10-6-9-16(18(17)20)12-19-14(3)15-8-5-7-13(2)11-15/h5-11,14,19-20H,4,12H2,1-3H3/t14-/m0/s1. The Bertz CT molecular complexity index is 596. The van der Waals surface area contributed by atoms with Crippen molar-refractivity contribution in [1.29, 1.82) is 0 Å². The number of phenolic OH excluding ortho intramolecular Hbond substituents is 1. The number of nitrogens with one attached hydrogen (secondary N) is 1. The van der Waals surface area contributed by atoms with Crippen LogP contribution in [0.1, 0.15) is 36.6 Å². The number of para-hydroxylation sites is 1. The highest BCUT2D eigenvalue weighted by Crippen LogP contribution is 2.30. The van der Waals surface area contributed by atoms with Gasteiger partial charge in [0.1, 0.15) is 0 Å². The Kier molecular flexibility index (Phi) is 5.23. The molecule has 0 unspecified atom stereocenters. The molecular weight excluding hydrogens is 262 g/mol. The minimum atomic E-state index is 0.222. The van der Waals surface area contributed by atoms with Gasteiger partial charge in [0.15, 0.2) is 11.5 Å². The minimum Gasteiger partial charge on any atom is -0.504 e. The highest BCUT2D eigenvalue weighted by atomic mass is 16.5. The molecule has 21 heavy (non-hydrogen) atoms. The van der Waals surface area contributed by atoms with E-state index in [1.165, 1.54) is 11.1 Å². The average molecular weight is 285 g/mol. The van der Waals surface area contributed by atoms with Crippen molar-refractivity contribution in [3.8, 4) is 11.5 Å². The lowest BCUT2D eigenvalue weighted by Gasteiger charge is -2.16. The third kappa shape index (κ3) is 3.99. The van der Waals surface area contributed by atoms with E-state index in [0.717, 1.165) is 5.56 Å². The number of rotatable bonds is 6. The molecule has 0 aromatic heterocycles. The zero-order valence-corrected chi connectivity index (χ0v) is 12.9. The van der Waals surface area contributed by atoms with Crippen LogP contribution in [0, 0.1) is 6.92 Å². The molecule has 0 heterocycles. The molecule has 1 atom stereocenters. The lowest BCUT2D eigenvalue weighted by Crippen LogP contribution is -2.18. The van der Waals surface area contributed by atoms with Gasteiger partial charge >= 0.3 is 0 Å². The molecule has 0 amide bonds. The van der Waals surface area contributed by atoms with Crippen molar-refractivity contribution in [2.24, 2.45) is 0 Å². The van der Waals surface area contributed by atoms with E-state index >= 15 is 0 Å². The fourth-order valence-electron chi connectivity index (χ4n) is 2.30. The fraction of sp³-hybridized carbons (Fsp3) is 0.333. The molecule has 2 aromatic rings. The molecule has 3 nitrogen and oxygen atoms in total. The van der Waals surface area contributed by atoms with Gasteiger partial charge in [-0.15, -0.1) is 0 Å². The molecule has 0 saturated carbocycles. The molecule has 2 aromatic carbocycles. The van der Waals surface area contributed by atoms with Gasteiger partial charge in [0, 0.05) is 18.2 Å². The molecule has 0 bridgehead atoms. The summed E-state index contributed by atoms with van der Waals surface area (Å²) in [5, 5.41) is 13.6. The van der Waals surface area contributed by atoms with Crippen LogP contribution in [0.5, 0.6) is 11.5 Å². The Morgan fingerprint density at radius 2 is 1.95 bits per heavy atom. The van der Waals surface area contributed by atoms with E-state index in [0.29, 0.717) is 18.9 Å². The number of ether oxygens (including phenoxy) is 1. The smallest absolute Gasteiger partial charge is 0.162 e. The summed E-state index contributed by atoms with van der Waals surface area (Å²) in [6.45, 7) is 7.27. The van der Waals surface area contributed by atoms with Gasteiger partial charge in [-0.05, 0) is 32.4 Å². The van der Waals surface area contributed by atoms with Gasteiger partial charge in [-0.1, -0.05) is 42.0 Å². The first-order chi connectivity index (χ1) is 10.1. The highest BCUT2D eigenvalue weighted by Gasteiger charge is 2.10. The lowest BCUT2D eigenvalue weighted by molar-refractivity contribution is 0.316. The van der Waals surface area contributed by atoms with Crippen molar-refractivity contribution in [3.05, 3.63) is 59.2 Å². The molecule has 0 fully saturated rings. The number of hydrogen-bond acceptors (Lipinski definition) is 3. The molecule has 0 aliphatic heterocycles. The molecule has 0 radical (unpaired) electrons. The number of aromatic hydroxyl groups is 1. The van der Waals surface area contributed by atoms with E-state index in [1.807, 2.05) is 19.1 Å². The van der Waals surface area contributed by atoms with Crippen LogP contribution in [-0.2, 0) is 6.54 Å². The fourth-order valence-corrected chi connectivity index (χ4v) is 2.30. The van der Waals surface area contributed by atoms with Crippen molar-refractivity contribution in [2.45, 2.75) is 33.4 Å². The molecule has 112 valence electrons. The zero-order chi connectivity index (χ0) is 15.2. The summed E-state index contributed by atoms with van der Waals surface area (Å²) in [6.07, 6.45) is 0. The molecular formula is C18H23NO2. The molecule has 0 aliphatic rings. The van der Waals surface area contributed by atoms with Crippen molar-refractivity contribution in [3.63, 3.8) is 0 Å². The van der Waals surface area contributed by atoms with Gasteiger partial charge in [0.2, 0.25) is 0 Å². The molecule has 2 rings (SSSR count). The number of hydrogen-bond donors (Lipinski definition) is 2. The van der Waals surface area contributed by atoms with Crippen LogP contribution in [0.4, 0.5) is 0 Å². The van der Waals surface area contributed by atoms with Crippen LogP contribution in [0.25, 0.3) is 0 Å². The first kappa shape index (κ1) is 15.4. The first-order valence-electron chi connectivity index (χ1n) is 7.35. The molecule has 0 saturated heterocycles. The number of aryl methyl sites for hydroxylation is 1. The van der Waals surface area contributed by atoms with Crippen LogP contribution >= 0.6 is 0 Å². The second-order valence-corrected chi connectivity index (χ2v) is 5.21. The summed E-state index contributed by atoms with van der Waals surface area (Å²) >= 11 is 0. The summed E-state index contributed by atoms with van der Waals surface area (Å²) in [5.74, 6) is 0.767. The Balaban J connectivity index is 2.04. The van der Waals surface area contributed by atoms with Crippen LogP contribution in [0.3, 0.4) is 0 Å². The summed E-state index contributed by atoms with van der Waals surface area (Å²) in [4.78, 5) is 0. The minimum absolute atomic E-state index is 0.222. The van der Waals surface area contributed by atoms with Gasteiger partial charge in [-0.25, -0.2) is 0 Å². The van der Waals surface area contributed by atoms with Gasteiger partial charge in [-0.2, -0.15) is 0 Å². The first-order valence-corrected chi connectivity index (χ1v) is 7.35. The largest absolute Gasteiger partial charge is 0.504 e. The van der Waals surface area contributed by atoms with Gasteiger partial charge in [0.25, 0.3) is 0 Å². The van der Waals surface area contributed by atoms with Crippen LogP contribution in [0.2, 0.25) is 0 Å². The number of benzene rings is 2. The normalized spacial score (nSPS) is 12.1. The van der Waals surface area contributed by atoms with Crippen molar-refractivity contribution in [2.75, 3.05) is 6.61 Å². The molecule has 0 spiro atoms. The van der Waals surface area contributed by atoms with Gasteiger partial charge in [0.05, 0.1) is 6.61 Å². The van der Waals surface area contributed by atoms with Crippen molar-refractivity contribution < 1.29 is 9.84 Å². The molecule has 0 aliphatic carbocycles. The Morgan fingerprint density at radius 1 is 1.19 bits per heavy atom. The predicted octanol–water partition coefficient (Wildman–Crippen LogP) is 3.95. The summed E-state index contributed by atoms with van der Waals surface area (Å²) in [5.41, 5.74) is 3.35. The van der Waals surface area contributed by atoms with E-state index in [1.54, 1.807) is 6.07 Å². The number of phenols is 1. The van der Waals surface area contributed by atoms with E-state index in [2.05, 4.69) is 43.4 Å². The predicted molar refractivity (Wildman–Crippen MR) is 85.7 cm³/mol. The van der Waals surface area contributed by atoms with Crippen LogP contribution in [-0.4, -0.2) is 11.7 Å². The summed E-state index contributed by atoms with van der Waals surface area (Å²) in [6, 6.07) is 14.3. The quantitative estimate of drug-likeness (QED) is 0.844. The van der Waals surface area contributed by atoms with Crippen molar-refractivity contribution >= 4 is 0 Å². The lowest BCUT2D eigenvalue weighted by atomic mass is 10.1. The SMILES string of the molecule is CCOc1cccc(CN[C@@H](C)c2cccc(C)c2)c1O. The Hall–Kier alpha value is -2.00. The second kappa shape index (κ2) is 7.14. The van der Waals surface area contributed by atoms with Gasteiger partial charge in [-0.3, -0.25) is 0 Å². The van der Waals surface area contributed by atoms with E-state index in [9.17, 15) is 5.11 Å². The Labute approximate surface area is 126 Å². The van der Waals surface area contributed by atoms with E-state index < -0.39 is 0 Å². The Morgan fingerprint density at radius 3 is 2.67 bits per heavy atom. The topological polar surface area (TPSA) is 41.5 Å². The maximum absolute atomic E-state index is 10.2. The maximum Gasteiger partial charge on any atom is 0.162 e. The maximum atomic E-state index is 10.2.